The maximum Gasteiger partial charge on any atom is 0.339 e. The number of ether oxygens (including phenoxy) is 2. The molecule has 0 spiro atoms. The molecule has 0 aliphatic rings. The molecule has 1 N–H and O–H groups in total. The fraction of sp³-hybridized carbons (Fsp3) is 0.238. The highest BCUT2D eigenvalue weighted by molar-refractivity contribution is 5.94. The molecule has 0 aliphatic heterocycles. The van der Waals surface area contributed by atoms with Gasteiger partial charge in [-0.05, 0) is 49.6 Å². The van der Waals surface area contributed by atoms with Crippen LogP contribution < -0.4 is 4.74 Å². The van der Waals surface area contributed by atoms with Crippen LogP contribution in [-0.4, -0.2) is 23.7 Å². The molecular weight excluding hydrogens is 332 g/mol. The zero-order chi connectivity index (χ0) is 19.1. The van der Waals surface area contributed by atoms with Gasteiger partial charge in [0.2, 0.25) is 0 Å². The first kappa shape index (κ1) is 19.2. The molecule has 2 aromatic rings. The van der Waals surface area contributed by atoms with E-state index in [-0.39, 0.29) is 24.0 Å². The van der Waals surface area contributed by atoms with E-state index in [4.69, 9.17) is 9.47 Å². The van der Waals surface area contributed by atoms with Crippen LogP contribution in [0, 0.1) is 0 Å². The van der Waals surface area contributed by atoms with Gasteiger partial charge in [0.1, 0.15) is 17.4 Å². The van der Waals surface area contributed by atoms with Crippen molar-refractivity contribution in [2.24, 2.45) is 0 Å². The molecule has 0 heterocycles. The lowest BCUT2D eigenvalue weighted by atomic mass is 10.0. The molecule has 5 heteroatoms. The van der Waals surface area contributed by atoms with Gasteiger partial charge in [0.25, 0.3) is 0 Å². The molecule has 26 heavy (non-hydrogen) atoms. The monoisotopic (exact) mass is 354 g/mol. The van der Waals surface area contributed by atoms with Crippen molar-refractivity contribution in [2.45, 2.75) is 26.9 Å². The van der Waals surface area contributed by atoms with Crippen molar-refractivity contribution in [3.8, 4) is 5.75 Å². The minimum absolute atomic E-state index is 0.0434. The Labute approximate surface area is 152 Å². The third-order valence-corrected chi connectivity index (χ3v) is 3.86. The van der Waals surface area contributed by atoms with Crippen LogP contribution in [-0.2, 0) is 9.53 Å². The third kappa shape index (κ3) is 4.96. The molecule has 0 saturated heterocycles. The first-order valence-corrected chi connectivity index (χ1v) is 8.36. The Bertz CT molecular complexity index is 808. The SMILES string of the molecule is CCOC(=O)/C=C(\C)c1ccc(OC(C)c2ccccc2)c(C(=O)O)c1. The van der Waals surface area contributed by atoms with Crippen LogP contribution in [0.25, 0.3) is 5.57 Å². The summed E-state index contributed by atoms with van der Waals surface area (Å²) >= 11 is 0. The van der Waals surface area contributed by atoms with E-state index >= 15 is 0 Å². The van der Waals surface area contributed by atoms with Gasteiger partial charge in [-0.2, -0.15) is 0 Å². The lowest BCUT2D eigenvalue weighted by Crippen LogP contribution is -2.08. The Balaban J connectivity index is 2.29. The van der Waals surface area contributed by atoms with E-state index < -0.39 is 11.9 Å². The predicted octanol–water partition coefficient (Wildman–Crippen LogP) is 4.49. The quantitative estimate of drug-likeness (QED) is 0.586. The van der Waals surface area contributed by atoms with Crippen LogP contribution >= 0.6 is 0 Å². The zero-order valence-corrected chi connectivity index (χ0v) is 15.1. The molecule has 0 aromatic heterocycles. The molecule has 0 saturated carbocycles. The van der Waals surface area contributed by atoms with Gasteiger partial charge in [-0.15, -0.1) is 0 Å². The molecule has 136 valence electrons. The Morgan fingerprint density at radius 1 is 1.15 bits per heavy atom. The first-order chi connectivity index (χ1) is 12.4. The van der Waals surface area contributed by atoms with Crippen molar-refractivity contribution < 1.29 is 24.2 Å². The van der Waals surface area contributed by atoms with Gasteiger partial charge in [0, 0.05) is 6.08 Å². The summed E-state index contributed by atoms with van der Waals surface area (Å²) < 4.78 is 10.7. The van der Waals surface area contributed by atoms with Gasteiger partial charge >= 0.3 is 11.9 Å². The number of aromatic carboxylic acids is 1. The molecule has 0 bridgehead atoms. The summed E-state index contributed by atoms with van der Waals surface area (Å²) in [7, 11) is 0. The summed E-state index contributed by atoms with van der Waals surface area (Å²) in [5.41, 5.74) is 2.23. The Morgan fingerprint density at radius 3 is 2.46 bits per heavy atom. The maximum atomic E-state index is 11.6. The van der Waals surface area contributed by atoms with Gasteiger partial charge in [0.05, 0.1) is 6.61 Å². The second kappa shape index (κ2) is 8.85. The smallest absolute Gasteiger partial charge is 0.339 e. The Hall–Kier alpha value is -3.08. The lowest BCUT2D eigenvalue weighted by molar-refractivity contribution is -0.137. The largest absolute Gasteiger partial charge is 0.485 e. The third-order valence-electron chi connectivity index (χ3n) is 3.86. The van der Waals surface area contributed by atoms with E-state index in [1.807, 2.05) is 37.3 Å². The van der Waals surface area contributed by atoms with Gasteiger partial charge in [0.15, 0.2) is 0 Å². The molecule has 0 radical (unpaired) electrons. The van der Waals surface area contributed by atoms with Crippen LogP contribution in [0.2, 0.25) is 0 Å². The number of carboxylic acid groups (broad SMARTS) is 1. The fourth-order valence-electron chi connectivity index (χ4n) is 2.47. The maximum absolute atomic E-state index is 11.6. The van der Waals surface area contributed by atoms with Crippen LogP contribution in [0.1, 0.15) is 48.4 Å². The van der Waals surface area contributed by atoms with E-state index in [0.29, 0.717) is 11.1 Å². The van der Waals surface area contributed by atoms with Gasteiger partial charge in [-0.3, -0.25) is 0 Å². The van der Waals surface area contributed by atoms with E-state index in [9.17, 15) is 14.7 Å². The normalized spacial score (nSPS) is 12.3. The number of carbonyl (C=O) groups excluding carboxylic acids is 1. The van der Waals surface area contributed by atoms with Gasteiger partial charge in [-0.25, -0.2) is 9.59 Å². The molecule has 0 aliphatic carbocycles. The molecule has 2 aromatic carbocycles. The van der Waals surface area contributed by atoms with Crippen LogP contribution in [0.4, 0.5) is 0 Å². The lowest BCUT2D eigenvalue weighted by Gasteiger charge is -2.17. The molecular formula is C21H22O5. The van der Waals surface area contributed by atoms with Gasteiger partial charge in [-0.1, -0.05) is 36.4 Å². The number of rotatable bonds is 7. The first-order valence-electron chi connectivity index (χ1n) is 8.36. The van der Waals surface area contributed by atoms with Crippen LogP contribution in [0.5, 0.6) is 5.75 Å². The second-order valence-electron chi connectivity index (χ2n) is 5.77. The number of benzene rings is 2. The molecule has 1 atom stereocenters. The molecule has 0 amide bonds. The number of hydrogen-bond donors (Lipinski definition) is 1. The zero-order valence-electron chi connectivity index (χ0n) is 15.1. The molecule has 0 fully saturated rings. The van der Waals surface area contributed by atoms with Crippen LogP contribution in [0.3, 0.4) is 0 Å². The summed E-state index contributed by atoms with van der Waals surface area (Å²) in [6.45, 7) is 5.60. The van der Waals surface area contributed by atoms with E-state index in [0.717, 1.165) is 5.56 Å². The molecule has 2 rings (SSSR count). The predicted molar refractivity (Wildman–Crippen MR) is 99.2 cm³/mol. The number of hydrogen-bond acceptors (Lipinski definition) is 4. The minimum atomic E-state index is -1.09. The number of allylic oxidation sites excluding steroid dienone is 1. The van der Waals surface area contributed by atoms with Gasteiger partial charge < -0.3 is 14.6 Å². The summed E-state index contributed by atoms with van der Waals surface area (Å²) in [5.74, 6) is -1.27. The Morgan fingerprint density at radius 2 is 1.85 bits per heavy atom. The fourth-order valence-corrected chi connectivity index (χ4v) is 2.47. The van der Waals surface area contributed by atoms with E-state index in [2.05, 4.69) is 0 Å². The summed E-state index contributed by atoms with van der Waals surface area (Å²) in [4.78, 5) is 23.2. The molecule has 5 nitrogen and oxygen atoms in total. The average Bonchev–Trinajstić information content (AvgIpc) is 2.62. The highest BCUT2D eigenvalue weighted by Crippen LogP contribution is 2.28. The van der Waals surface area contributed by atoms with Crippen molar-refractivity contribution in [3.05, 3.63) is 71.3 Å². The highest BCUT2D eigenvalue weighted by Gasteiger charge is 2.16. The number of esters is 1. The standard InChI is InChI=1S/C21H22O5/c1-4-25-20(22)12-14(2)17-10-11-19(18(13-17)21(23)24)26-15(3)16-8-6-5-7-9-16/h5-13,15H,4H2,1-3H3,(H,23,24)/b14-12+. The van der Waals surface area contributed by atoms with Crippen molar-refractivity contribution >= 4 is 17.5 Å². The Kier molecular flexibility index (Phi) is 6.55. The molecule has 1 unspecified atom stereocenters. The minimum Gasteiger partial charge on any atom is -0.485 e. The van der Waals surface area contributed by atoms with Crippen molar-refractivity contribution in [3.63, 3.8) is 0 Å². The van der Waals surface area contributed by atoms with Crippen molar-refractivity contribution in [1.29, 1.82) is 0 Å². The summed E-state index contributed by atoms with van der Waals surface area (Å²) in [5, 5.41) is 9.53. The van der Waals surface area contributed by atoms with E-state index in [1.165, 1.54) is 12.1 Å². The number of carbonyl (C=O) groups is 2. The topological polar surface area (TPSA) is 72.8 Å². The second-order valence-corrected chi connectivity index (χ2v) is 5.77. The highest BCUT2D eigenvalue weighted by atomic mass is 16.5. The average molecular weight is 354 g/mol. The van der Waals surface area contributed by atoms with E-state index in [1.54, 1.807) is 26.0 Å². The van der Waals surface area contributed by atoms with Crippen LogP contribution in [0.15, 0.2) is 54.6 Å². The van der Waals surface area contributed by atoms with Crippen molar-refractivity contribution in [1.82, 2.24) is 0 Å². The number of carboxylic acids is 1. The summed E-state index contributed by atoms with van der Waals surface area (Å²) in [6, 6.07) is 14.4. The van der Waals surface area contributed by atoms with Crippen molar-refractivity contribution in [2.75, 3.05) is 6.61 Å². The summed E-state index contributed by atoms with van der Waals surface area (Å²) in [6.07, 6.45) is 1.05.